The number of hydrogen-bond acceptors (Lipinski definition) is 4. The standard InChI is InChI=1S/C13H17BrN2O2/c1-17-13-9-8-15-16(11(9)6-5-10(13)14)12-4-2-3-7-18-12/h5-6,12,15H,2-4,7-8H2,1H3. The van der Waals surface area contributed by atoms with Crippen molar-refractivity contribution in [1.29, 1.82) is 0 Å². The highest BCUT2D eigenvalue weighted by molar-refractivity contribution is 9.10. The number of nitrogens with zero attached hydrogens (tertiary/aromatic N) is 1. The van der Waals surface area contributed by atoms with Crippen molar-refractivity contribution in [1.82, 2.24) is 5.43 Å². The number of hydrazine groups is 1. The Morgan fingerprint density at radius 2 is 2.33 bits per heavy atom. The second kappa shape index (κ2) is 5.07. The van der Waals surface area contributed by atoms with Crippen LogP contribution >= 0.6 is 15.9 Å². The molecule has 0 aliphatic carbocycles. The van der Waals surface area contributed by atoms with Crippen LogP contribution in [0.3, 0.4) is 0 Å². The fraction of sp³-hybridized carbons (Fsp3) is 0.538. The summed E-state index contributed by atoms with van der Waals surface area (Å²) in [4.78, 5) is 0. The first-order valence-corrected chi connectivity index (χ1v) is 7.10. The summed E-state index contributed by atoms with van der Waals surface area (Å²) in [5, 5.41) is 2.14. The summed E-state index contributed by atoms with van der Waals surface area (Å²) in [7, 11) is 1.71. The molecule has 0 amide bonds. The number of anilines is 1. The van der Waals surface area contributed by atoms with Gasteiger partial charge in [0.25, 0.3) is 0 Å². The molecule has 2 aliphatic heterocycles. The van der Waals surface area contributed by atoms with E-state index in [2.05, 4.69) is 32.4 Å². The lowest BCUT2D eigenvalue weighted by atomic mass is 10.1. The summed E-state index contributed by atoms with van der Waals surface area (Å²) in [5.41, 5.74) is 5.77. The SMILES string of the molecule is COc1c(Br)ccc2c1CNN2C1CCCCO1. The van der Waals surface area contributed by atoms with Gasteiger partial charge in [-0.05, 0) is 47.3 Å². The minimum Gasteiger partial charge on any atom is -0.495 e. The van der Waals surface area contributed by atoms with E-state index in [9.17, 15) is 0 Å². The van der Waals surface area contributed by atoms with Crippen molar-refractivity contribution in [3.8, 4) is 5.75 Å². The Hall–Kier alpha value is -0.780. The normalized spacial score (nSPS) is 23.0. The maximum atomic E-state index is 5.83. The zero-order valence-corrected chi connectivity index (χ0v) is 12.0. The van der Waals surface area contributed by atoms with Crippen molar-refractivity contribution >= 4 is 21.6 Å². The van der Waals surface area contributed by atoms with Crippen LogP contribution in [0.15, 0.2) is 16.6 Å². The number of nitrogens with one attached hydrogen (secondary N) is 1. The second-order valence-corrected chi connectivity index (χ2v) is 5.46. The van der Waals surface area contributed by atoms with E-state index in [1.807, 2.05) is 6.07 Å². The highest BCUT2D eigenvalue weighted by atomic mass is 79.9. The molecule has 1 unspecified atom stereocenters. The van der Waals surface area contributed by atoms with E-state index in [-0.39, 0.29) is 6.23 Å². The van der Waals surface area contributed by atoms with Crippen molar-refractivity contribution in [3.05, 3.63) is 22.2 Å². The molecule has 1 fully saturated rings. The maximum Gasteiger partial charge on any atom is 0.144 e. The van der Waals surface area contributed by atoms with E-state index in [4.69, 9.17) is 9.47 Å². The number of benzene rings is 1. The number of rotatable bonds is 2. The largest absolute Gasteiger partial charge is 0.495 e. The van der Waals surface area contributed by atoms with Crippen LogP contribution < -0.4 is 15.2 Å². The van der Waals surface area contributed by atoms with Crippen LogP contribution in [0, 0.1) is 0 Å². The average Bonchev–Trinajstić information content (AvgIpc) is 2.83. The summed E-state index contributed by atoms with van der Waals surface area (Å²) >= 11 is 3.52. The smallest absolute Gasteiger partial charge is 0.144 e. The average molecular weight is 313 g/mol. The molecule has 0 bridgehead atoms. The Morgan fingerprint density at radius 3 is 3.06 bits per heavy atom. The van der Waals surface area contributed by atoms with E-state index in [1.54, 1.807) is 7.11 Å². The highest BCUT2D eigenvalue weighted by Crippen LogP contribution is 2.39. The van der Waals surface area contributed by atoms with Crippen molar-refractivity contribution in [2.75, 3.05) is 18.7 Å². The van der Waals surface area contributed by atoms with Gasteiger partial charge in [0.2, 0.25) is 0 Å². The molecule has 1 aromatic rings. The van der Waals surface area contributed by atoms with Gasteiger partial charge in [0, 0.05) is 18.7 Å². The number of ether oxygens (including phenoxy) is 2. The molecule has 3 rings (SSSR count). The quantitative estimate of drug-likeness (QED) is 0.910. The minimum absolute atomic E-state index is 0.144. The van der Waals surface area contributed by atoms with Gasteiger partial charge >= 0.3 is 0 Å². The molecule has 18 heavy (non-hydrogen) atoms. The number of hydrogen-bond donors (Lipinski definition) is 1. The number of halogens is 1. The van der Waals surface area contributed by atoms with Crippen LogP contribution in [0.1, 0.15) is 24.8 Å². The molecular weight excluding hydrogens is 296 g/mol. The van der Waals surface area contributed by atoms with Gasteiger partial charge in [-0.25, -0.2) is 5.43 Å². The topological polar surface area (TPSA) is 33.7 Å². The van der Waals surface area contributed by atoms with E-state index < -0.39 is 0 Å². The molecule has 0 radical (unpaired) electrons. The van der Waals surface area contributed by atoms with Crippen molar-refractivity contribution < 1.29 is 9.47 Å². The summed E-state index contributed by atoms with van der Waals surface area (Å²) in [5.74, 6) is 0.915. The van der Waals surface area contributed by atoms with Crippen LogP contribution in [0.2, 0.25) is 0 Å². The van der Waals surface area contributed by atoms with E-state index in [0.29, 0.717) is 0 Å². The Labute approximate surface area is 115 Å². The minimum atomic E-state index is 0.144. The molecule has 4 nitrogen and oxygen atoms in total. The maximum absolute atomic E-state index is 5.83. The zero-order chi connectivity index (χ0) is 12.5. The van der Waals surface area contributed by atoms with E-state index in [0.717, 1.165) is 29.8 Å². The summed E-state index contributed by atoms with van der Waals surface area (Å²) in [6.45, 7) is 1.64. The third-order valence-corrected chi connectivity index (χ3v) is 4.15. The van der Waals surface area contributed by atoms with Crippen LogP contribution in [0.25, 0.3) is 0 Å². The molecule has 0 spiro atoms. The van der Waals surface area contributed by atoms with Crippen molar-refractivity contribution in [2.45, 2.75) is 32.0 Å². The molecule has 2 heterocycles. The lowest BCUT2D eigenvalue weighted by Crippen LogP contribution is -2.44. The predicted octanol–water partition coefficient (Wildman–Crippen LogP) is 2.81. The van der Waals surface area contributed by atoms with Crippen molar-refractivity contribution in [3.63, 3.8) is 0 Å². The van der Waals surface area contributed by atoms with Gasteiger partial charge in [-0.1, -0.05) is 0 Å². The summed E-state index contributed by atoms with van der Waals surface area (Å²) in [6.07, 6.45) is 3.61. The molecule has 0 saturated carbocycles. The van der Waals surface area contributed by atoms with Crippen molar-refractivity contribution in [2.24, 2.45) is 0 Å². The third-order valence-electron chi connectivity index (χ3n) is 3.52. The Balaban J connectivity index is 1.91. The van der Waals surface area contributed by atoms with Gasteiger partial charge in [0.1, 0.15) is 12.0 Å². The summed E-state index contributed by atoms with van der Waals surface area (Å²) in [6, 6.07) is 4.14. The van der Waals surface area contributed by atoms with E-state index in [1.165, 1.54) is 24.1 Å². The molecule has 2 aliphatic rings. The van der Waals surface area contributed by atoms with Gasteiger partial charge in [0.15, 0.2) is 0 Å². The number of fused-ring (bicyclic) bond motifs is 1. The Kier molecular flexibility index (Phi) is 3.46. The van der Waals surface area contributed by atoms with Gasteiger partial charge in [0.05, 0.1) is 17.3 Å². The first kappa shape index (κ1) is 12.3. The second-order valence-electron chi connectivity index (χ2n) is 4.60. The van der Waals surface area contributed by atoms with Crippen LogP contribution in [-0.4, -0.2) is 19.9 Å². The zero-order valence-electron chi connectivity index (χ0n) is 10.4. The van der Waals surface area contributed by atoms with E-state index >= 15 is 0 Å². The van der Waals surface area contributed by atoms with Crippen LogP contribution in [0.5, 0.6) is 5.75 Å². The lowest BCUT2D eigenvalue weighted by Gasteiger charge is -2.32. The molecular formula is C13H17BrN2O2. The Bertz CT molecular complexity index is 447. The monoisotopic (exact) mass is 312 g/mol. The molecule has 1 N–H and O–H groups in total. The van der Waals surface area contributed by atoms with Gasteiger partial charge in [-0.2, -0.15) is 0 Å². The van der Waals surface area contributed by atoms with Crippen LogP contribution in [0.4, 0.5) is 5.69 Å². The molecule has 5 heteroatoms. The van der Waals surface area contributed by atoms with Gasteiger partial charge in [-0.3, -0.25) is 5.01 Å². The predicted molar refractivity (Wildman–Crippen MR) is 73.6 cm³/mol. The summed E-state index contributed by atoms with van der Waals surface area (Å²) < 4.78 is 12.3. The van der Waals surface area contributed by atoms with Gasteiger partial charge < -0.3 is 9.47 Å². The highest BCUT2D eigenvalue weighted by Gasteiger charge is 2.30. The first-order valence-electron chi connectivity index (χ1n) is 6.31. The van der Waals surface area contributed by atoms with Crippen LogP contribution in [-0.2, 0) is 11.3 Å². The molecule has 1 aromatic carbocycles. The molecule has 98 valence electrons. The molecule has 0 aromatic heterocycles. The fourth-order valence-corrected chi connectivity index (χ4v) is 3.17. The van der Waals surface area contributed by atoms with Gasteiger partial charge in [-0.15, -0.1) is 0 Å². The number of methoxy groups -OCH3 is 1. The first-order chi connectivity index (χ1) is 8.81. The lowest BCUT2D eigenvalue weighted by molar-refractivity contribution is 0.00928. The fourth-order valence-electron chi connectivity index (χ4n) is 2.64. The third kappa shape index (κ3) is 2.00. The Morgan fingerprint density at radius 1 is 1.44 bits per heavy atom. The molecule has 1 atom stereocenters. The molecule has 1 saturated heterocycles.